The fraction of sp³-hybridized carbons (Fsp3) is 0.750. The van der Waals surface area contributed by atoms with E-state index >= 15 is 0 Å². The van der Waals surface area contributed by atoms with Gasteiger partial charge in [-0.3, -0.25) is 0 Å². The minimum absolute atomic E-state index is 0. The fourth-order valence-electron chi connectivity index (χ4n) is 0. The van der Waals surface area contributed by atoms with Crippen LogP contribution in [0.1, 0.15) is 14.4 Å². The zero-order chi connectivity index (χ0) is 4.28. The van der Waals surface area contributed by atoms with E-state index in [0.29, 0.717) is 0 Å². The third kappa shape index (κ3) is 20.2. The zero-order valence-corrected chi connectivity index (χ0v) is 6.48. The van der Waals surface area contributed by atoms with Crippen LogP contribution < -0.4 is 5.73 Å². The maximum absolute atomic E-state index is 9.25. The van der Waals surface area contributed by atoms with Crippen molar-refractivity contribution in [3.05, 3.63) is 0 Å². The van der Waals surface area contributed by atoms with Gasteiger partial charge in [0, 0.05) is 32.7 Å². The van der Waals surface area contributed by atoms with Crippen molar-refractivity contribution in [2.45, 2.75) is 20.4 Å². The first-order valence-corrected chi connectivity index (χ1v) is 1.40. The van der Waals surface area contributed by atoms with Gasteiger partial charge >= 0.3 is 0 Å². The summed E-state index contributed by atoms with van der Waals surface area (Å²) in [6, 6.07) is -0.421. The van der Waals surface area contributed by atoms with Gasteiger partial charge in [-0.25, -0.2) is 6.29 Å². The molecule has 0 amide bonds. The van der Waals surface area contributed by atoms with Gasteiger partial charge in [0.1, 0.15) is 0 Å². The van der Waals surface area contributed by atoms with E-state index in [1.54, 1.807) is 13.2 Å². The van der Waals surface area contributed by atoms with Crippen LogP contribution in [0.5, 0.6) is 0 Å². The SMILES string of the molecule is C.CC(N)[C-]=O.[Y]. The van der Waals surface area contributed by atoms with Crippen molar-refractivity contribution in [3.8, 4) is 0 Å². The van der Waals surface area contributed by atoms with Crippen LogP contribution in [-0.2, 0) is 37.5 Å². The molecule has 0 saturated heterocycles. The molecule has 41 valence electrons. The van der Waals surface area contributed by atoms with Gasteiger partial charge in [-0.2, -0.15) is 0 Å². The Bertz CT molecular complexity index is 38.7. The average Bonchev–Trinajstić information content (AvgIpc) is 1.38. The monoisotopic (exact) mass is 177 g/mol. The van der Waals surface area contributed by atoms with E-state index in [4.69, 9.17) is 5.73 Å². The molecule has 0 rings (SSSR count). The minimum atomic E-state index is -0.421. The first-order chi connectivity index (χ1) is 2.27. The van der Waals surface area contributed by atoms with Crippen LogP contribution in [0.2, 0.25) is 0 Å². The molecule has 0 aliphatic heterocycles. The van der Waals surface area contributed by atoms with Crippen LogP contribution in [0.25, 0.3) is 0 Å². The molecule has 0 spiro atoms. The second-order valence-electron chi connectivity index (χ2n) is 0.907. The van der Waals surface area contributed by atoms with Crippen molar-refractivity contribution in [3.63, 3.8) is 0 Å². The van der Waals surface area contributed by atoms with Crippen molar-refractivity contribution in [2.24, 2.45) is 5.73 Å². The van der Waals surface area contributed by atoms with Gasteiger partial charge in [-0.15, -0.1) is 0 Å². The number of hydrogen-bond acceptors (Lipinski definition) is 2. The molecule has 0 fully saturated rings. The van der Waals surface area contributed by atoms with E-state index in [2.05, 4.69) is 0 Å². The summed E-state index contributed by atoms with van der Waals surface area (Å²) < 4.78 is 0. The van der Waals surface area contributed by atoms with Gasteiger partial charge < -0.3 is 10.5 Å². The predicted molar refractivity (Wildman–Crippen MR) is 26.1 cm³/mol. The van der Waals surface area contributed by atoms with E-state index in [-0.39, 0.29) is 40.1 Å². The Morgan fingerprint density at radius 3 is 1.86 bits per heavy atom. The van der Waals surface area contributed by atoms with Crippen molar-refractivity contribution in [1.29, 1.82) is 0 Å². The Labute approximate surface area is 69.7 Å². The Morgan fingerprint density at radius 2 is 1.86 bits per heavy atom. The Morgan fingerprint density at radius 1 is 1.71 bits per heavy atom. The summed E-state index contributed by atoms with van der Waals surface area (Å²) in [5.74, 6) is 0. The normalized spacial score (nSPS) is 10.0. The van der Waals surface area contributed by atoms with Gasteiger partial charge in [0.25, 0.3) is 0 Å². The minimum Gasteiger partial charge on any atom is -0.540 e. The molecule has 0 heterocycles. The summed E-state index contributed by atoms with van der Waals surface area (Å²) in [5.41, 5.74) is 4.87. The summed E-state index contributed by atoms with van der Waals surface area (Å²) in [5, 5.41) is 0. The van der Waals surface area contributed by atoms with Crippen LogP contribution in [0.3, 0.4) is 0 Å². The number of hydrogen-bond donors (Lipinski definition) is 1. The van der Waals surface area contributed by atoms with Gasteiger partial charge in [0.2, 0.25) is 0 Å². The van der Waals surface area contributed by atoms with Crippen LogP contribution in [0.4, 0.5) is 0 Å². The molecule has 7 heavy (non-hydrogen) atoms. The van der Waals surface area contributed by atoms with Crippen molar-refractivity contribution in [1.82, 2.24) is 0 Å². The second-order valence-corrected chi connectivity index (χ2v) is 0.907. The van der Waals surface area contributed by atoms with E-state index < -0.39 is 6.04 Å². The second kappa shape index (κ2) is 9.88. The molecule has 0 aliphatic carbocycles. The van der Waals surface area contributed by atoms with Crippen LogP contribution >= 0.6 is 0 Å². The summed E-state index contributed by atoms with van der Waals surface area (Å²) >= 11 is 0. The maximum atomic E-state index is 9.25. The summed E-state index contributed by atoms with van der Waals surface area (Å²) in [4.78, 5) is 9.25. The molecule has 1 unspecified atom stereocenters. The topological polar surface area (TPSA) is 43.1 Å². The quantitative estimate of drug-likeness (QED) is 0.576. The Hall–Kier alpha value is 0.734. The van der Waals surface area contributed by atoms with Crippen molar-refractivity contribution in [2.75, 3.05) is 0 Å². The van der Waals surface area contributed by atoms with Gasteiger partial charge in [-0.1, -0.05) is 20.4 Å². The number of rotatable bonds is 1. The third-order valence-corrected chi connectivity index (χ3v) is 0.186. The van der Waals surface area contributed by atoms with E-state index in [0.717, 1.165) is 0 Å². The van der Waals surface area contributed by atoms with Crippen LogP contribution in [-0.4, -0.2) is 12.3 Å². The maximum Gasteiger partial charge on any atom is 0 e. The summed E-state index contributed by atoms with van der Waals surface area (Å²) in [7, 11) is 0. The fourth-order valence-corrected chi connectivity index (χ4v) is 0. The molecule has 2 nitrogen and oxygen atoms in total. The summed E-state index contributed by atoms with van der Waals surface area (Å²) in [6.07, 6.45) is 1.56. The van der Waals surface area contributed by atoms with E-state index in [9.17, 15) is 4.79 Å². The van der Waals surface area contributed by atoms with E-state index in [1.807, 2.05) is 0 Å². The molecule has 0 aromatic carbocycles. The van der Waals surface area contributed by atoms with Crippen molar-refractivity contribution >= 4 is 6.29 Å². The van der Waals surface area contributed by atoms with Crippen molar-refractivity contribution < 1.29 is 37.5 Å². The average molecular weight is 177 g/mol. The molecule has 0 saturated carbocycles. The molecular weight excluding hydrogens is 167 g/mol. The van der Waals surface area contributed by atoms with Gasteiger partial charge in [0.05, 0.1) is 0 Å². The molecule has 3 heteroatoms. The molecule has 0 aromatic heterocycles. The molecule has 1 radical (unpaired) electrons. The van der Waals surface area contributed by atoms with Crippen LogP contribution in [0, 0.1) is 0 Å². The number of carbonyl (C=O) groups excluding carboxylic acids is 1. The third-order valence-electron chi connectivity index (χ3n) is 0.186. The first kappa shape index (κ1) is 15.6. The molecule has 1 atom stereocenters. The molecule has 0 aromatic rings. The molecule has 2 N–H and O–H groups in total. The Balaban J connectivity index is -0.0000000800. The predicted octanol–water partition coefficient (Wildman–Crippen LogP) is 0.0769. The summed E-state index contributed by atoms with van der Waals surface area (Å²) in [6.45, 7) is 1.58. The largest absolute Gasteiger partial charge is 0.540 e. The van der Waals surface area contributed by atoms with Gasteiger partial charge in [0.15, 0.2) is 0 Å². The number of nitrogens with two attached hydrogens (primary N) is 1. The standard InChI is InChI=1S/C3H6NO.CH4.Y/c1-3(4)2-5;;/h3H,4H2,1H3;1H4;/q-1;;. The smallest absolute Gasteiger partial charge is 0 e. The van der Waals surface area contributed by atoms with Gasteiger partial charge in [-0.05, 0) is 0 Å². The zero-order valence-electron chi connectivity index (χ0n) is 3.64. The van der Waals surface area contributed by atoms with Crippen LogP contribution in [0.15, 0.2) is 0 Å². The van der Waals surface area contributed by atoms with E-state index in [1.165, 1.54) is 0 Å². The molecule has 0 aliphatic rings. The first-order valence-electron chi connectivity index (χ1n) is 1.40. The Kier molecular flexibility index (Phi) is 22.1. The molecular formula is C4H10NOY-. The molecule has 0 bridgehead atoms.